The van der Waals surface area contributed by atoms with Gasteiger partial charge in [-0.05, 0) is 23.6 Å². The van der Waals surface area contributed by atoms with Crippen molar-refractivity contribution in [2.45, 2.75) is 12.8 Å². The van der Waals surface area contributed by atoms with E-state index in [-0.39, 0.29) is 30.6 Å². The Morgan fingerprint density at radius 3 is 2.50 bits per heavy atom. The van der Waals surface area contributed by atoms with Crippen LogP contribution in [0.3, 0.4) is 0 Å². The van der Waals surface area contributed by atoms with Gasteiger partial charge in [-0.2, -0.15) is 0 Å². The zero-order chi connectivity index (χ0) is 13.6. The Bertz CT molecular complexity index is 459. The second-order valence-corrected chi connectivity index (χ2v) is 6.04. The third-order valence-electron chi connectivity index (χ3n) is 2.60. The molecule has 0 aliphatic heterocycles. The summed E-state index contributed by atoms with van der Waals surface area (Å²) < 4.78 is 43.0. The highest BCUT2D eigenvalue weighted by Gasteiger charge is 2.12. The Kier molecular flexibility index (Phi) is 5.71. The predicted molar refractivity (Wildman–Crippen MR) is 68.5 cm³/mol. The van der Waals surface area contributed by atoms with E-state index >= 15 is 0 Å². The van der Waals surface area contributed by atoms with E-state index in [9.17, 15) is 12.8 Å². The fourth-order valence-electron chi connectivity index (χ4n) is 1.43. The standard InChI is InChI=1S/C12H18FNO3S/c1-10(11-3-5-12(13)6-4-11)9-14-18(15,16)8-7-17-2/h3-6,10,14H,7-9H2,1-2H3. The number of nitrogens with one attached hydrogen (secondary N) is 1. The summed E-state index contributed by atoms with van der Waals surface area (Å²) in [5, 5.41) is 0. The number of hydrogen-bond acceptors (Lipinski definition) is 3. The van der Waals surface area contributed by atoms with Crippen molar-refractivity contribution >= 4 is 10.0 Å². The maximum Gasteiger partial charge on any atom is 0.213 e. The molecule has 1 aromatic rings. The first-order valence-electron chi connectivity index (χ1n) is 5.66. The number of ether oxygens (including phenoxy) is 1. The zero-order valence-corrected chi connectivity index (χ0v) is 11.3. The van der Waals surface area contributed by atoms with E-state index in [4.69, 9.17) is 4.74 Å². The highest BCUT2D eigenvalue weighted by molar-refractivity contribution is 7.89. The van der Waals surface area contributed by atoms with E-state index in [0.29, 0.717) is 0 Å². The summed E-state index contributed by atoms with van der Waals surface area (Å²) in [6, 6.07) is 6.05. The molecule has 0 saturated carbocycles. The van der Waals surface area contributed by atoms with Gasteiger partial charge in [-0.3, -0.25) is 0 Å². The molecule has 102 valence electrons. The molecule has 0 radical (unpaired) electrons. The molecule has 18 heavy (non-hydrogen) atoms. The summed E-state index contributed by atoms with van der Waals surface area (Å²) in [4.78, 5) is 0. The normalized spacial score (nSPS) is 13.5. The Hall–Kier alpha value is -0.980. The zero-order valence-electron chi connectivity index (χ0n) is 10.5. The fourth-order valence-corrected chi connectivity index (χ4v) is 2.46. The summed E-state index contributed by atoms with van der Waals surface area (Å²) in [7, 11) is -1.85. The molecule has 0 aliphatic rings. The molecule has 0 heterocycles. The molecule has 6 heteroatoms. The maximum absolute atomic E-state index is 12.7. The summed E-state index contributed by atoms with van der Waals surface area (Å²) in [5.74, 6) is -0.367. The van der Waals surface area contributed by atoms with Crippen LogP contribution < -0.4 is 4.72 Å². The lowest BCUT2D eigenvalue weighted by Crippen LogP contribution is -2.31. The van der Waals surface area contributed by atoms with Crippen molar-refractivity contribution in [3.8, 4) is 0 Å². The molecule has 0 bridgehead atoms. The van der Waals surface area contributed by atoms with Crippen molar-refractivity contribution in [1.29, 1.82) is 0 Å². The molecule has 1 N–H and O–H groups in total. The largest absolute Gasteiger partial charge is 0.384 e. The minimum Gasteiger partial charge on any atom is -0.384 e. The Morgan fingerprint density at radius 1 is 1.33 bits per heavy atom. The third-order valence-corrected chi connectivity index (χ3v) is 3.92. The average molecular weight is 275 g/mol. The monoisotopic (exact) mass is 275 g/mol. The van der Waals surface area contributed by atoms with Gasteiger partial charge in [0.1, 0.15) is 5.82 Å². The minimum absolute atomic E-state index is 0.0112. The van der Waals surface area contributed by atoms with Crippen LogP contribution in [0.4, 0.5) is 4.39 Å². The smallest absolute Gasteiger partial charge is 0.213 e. The summed E-state index contributed by atoms with van der Waals surface area (Å²) >= 11 is 0. The van der Waals surface area contributed by atoms with E-state index in [1.807, 2.05) is 6.92 Å². The van der Waals surface area contributed by atoms with Crippen molar-refractivity contribution in [2.75, 3.05) is 26.0 Å². The van der Waals surface area contributed by atoms with Crippen molar-refractivity contribution in [1.82, 2.24) is 4.72 Å². The first-order chi connectivity index (χ1) is 8.44. The molecule has 4 nitrogen and oxygen atoms in total. The van der Waals surface area contributed by atoms with Gasteiger partial charge in [-0.15, -0.1) is 0 Å². The molecule has 1 atom stereocenters. The SMILES string of the molecule is COCCS(=O)(=O)NCC(C)c1ccc(F)cc1. The highest BCUT2D eigenvalue weighted by atomic mass is 32.2. The fraction of sp³-hybridized carbons (Fsp3) is 0.500. The molecule has 0 aromatic heterocycles. The number of benzene rings is 1. The first-order valence-corrected chi connectivity index (χ1v) is 7.31. The van der Waals surface area contributed by atoms with Crippen molar-refractivity contribution < 1.29 is 17.5 Å². The van der Waals surface area contributed by atoms with Gasteiger partial charge in [-0.1, -0.05) is 19.1 Å². The third kappa shape index (κ3) is 5.12. The molecule has 1 aromatic carbocycles. The predicted octanol–water partition coefficient (Wildman–Crippen LogP) is 1.49. The van der Waals surface area contributed by atoms with Crippen molar-refractivity contribution in [3.63, 3.8) is 0 Å². The number of hydrogen-bond donors (Lipinski definition) is 1. The van der Waals surface area contributed by atoms with Crippen LogP contribution in [0, 0.1) is 5.82 Å². The minimum atomic E-state index is -3.30. The van der Waals surface area contributed by atoms with E-state index in [0.717, 1.165) is 5.56 Å². The Labute approximate surface area is 107 Å². The highest BCUT2D eigenvalue weighted by Crippen LogP contribution is 2.14. The van der Waals surface area contributed by atoms with Crippen LogP contribution in [-0.2, 0) is 14.8 Å². The van der Waals surface area contributed by atoms with Gasteiger partial charge >= 0.3 is 0 Å². The maximum atomic E-state index is 12.7. The second kappa shape index (κ2) is 6.82. The van der Waals surface area contributed by atoms with Gasteiger partial charge in [0.25, 0.3) is 0 Å². The molecule has 0 aliphatic carbocycles. The summed E-state index contributed by atoms with van der Waals surface area (Å²) in [6.45, 7) is 2.34. The van der Waals surface area contributed by atoms with Crippen LogP contribution in [-0.4, -0.2) is 34.4 Å². The quantitative estimate of drug-likeness (QED) is 0.820. The Balaban J connectivity index is 2.50. The van der Waals surface area contributed by atoms with Gasteiger partial charge in [0.15, 0.2) is 0 Å². The number of halogens is 1. The topological polar surface area (TPSA) is 55.4 Å². The molecule has 1 unspecified atom stereocenters. The van der Waals surface area contributed by atoms with Gasteiger partial charge in [0, 0.05) is 13.7 Å². The number of rotatable bonds is 7. The summed E-state index contributed by atoms with van der Waals surface area (Å²) in [5.41, 5.74) is 0.894. The molecule has 0 saturated heterocycles. The van der Waals surface area contributed by atoms with Crippen molar-refractivity contribution in [2.24, 2.45) is 0 Å². The molecular formula is C12H18FNO3S. The molecule has 0 spiro atoms. The lowest BCUT2D eigenvalue weighted by Gasteiger charge is -2.13. The van der Waals surface area contributed by atoms with E-state index in [2.05, 4.69) is 4.72 Å². The van der Waals surface area contributed by atoms with Crippen LogP contribution in [0.1, 0.15) is 18.4 Å². The van der Waals surface area contributed by atoms with Crippen LogP contribution in [0.25, 0.3) is 0 Å². The van der Waals surface area contributed by atoms with E-state index < -0.39 is 10.0 Å². The van der Waals surface area contributed by atoms with Crippen LogP contribution >= 0.6 is 0 Å². The van der Waals surface area contributed by atoms with Gasteiger partial charge in [0.05, 0.1) is 12.4 Å². The van der Waals surface area contributed by atoms with Gasteiger partial charge in [-0.25, -0.2) is 17.5 Å². The van der Waals surface area contributed by atoms with E-state index in [1.165, 1.54) is 19.2 Å². The van der Waals surface area contributed by atoms with E-state index in [1.54, 1.807) is 12.1 Å². The summed E-state index contributed by atoms with van der Waals surface area (Å²) in [6.07, 6.45) is 0. The van der Waals surface area contributed by atoms with Gasteiger partial charge in [0.2, 0.25) is 10.0 Å². The Morgan fingerprint density at radius 2 is 1.94 bits per heavy atom. The molecule has 0 fully saturated rings. The number of sulfonamides is 1. The van der Waals surface area contributed by atoms with Crippen LogP contribution in [0.15, 0.2) is 24.3 Å². The van der Waals surface area contributed by atoms with Crippen LogP contribution in [0.5, 0.6) is 0 Å². The lowest BCUT2D eigenvalue weighted by atomic mass is 10.0. The van der Waals surface area contributed by atoms with Gasteiger partial charge < -0.3 is 4.74 Å². The molecule has 0 amide bonds. The average Bonchev–Trinajstić information content (AvgIpc) is 2.35. The second-order valence-electron chi connectivity index (χ2n) is 4.11. The number of methoxy groups -OCH3 is 1. The molecule has 1 rings (SSSR count). The lowest BCUT2D eigenvalue weighted by molar-refractivity contribution is 0.217. The van der Waals surface area contributed by atoms with Crippen LogP contribution in [0.2, 0.25) is 0 Å². The first kappa shape index (κ1) is 15.1. The molecular weight excluding hydrogens is 257 g/mol. The van der Waals surface area contributed by atoms with Crippen molar-refractivity contribution in [3.05, 3.63) is 35.6 Å².